The summed E-state index contributed by atoms with van der Waals surface area (Å²) in [6.45, 7) is 1.77. The number of nitrogens with two attached hydrogens (primary N) is 1. The Morgan fingerprint density at radius 3 is 2.00 bits per heavy atom. The van der Waals surface area contributed by atoms with Crippen molar-refractivity contribution < 1.29 is 19.2 Å². The molecule has 10 heteroatoms. The molecule has 42 heavy (non-hydrogen) atoms. The maximum absolute atomic E-state index is 13.3. The van der Waals surface area contributed by atoms with Crippen LogP contribution in [0.4, 0.5) is 11.4 Å². The highest BCUT2D eigenvalue weighted by Crippen LogP contribution is 2.26. The van der Waals surface area contributed by atoms with E-state index >= 15 is 0 Å². The van der Waals surface area contributed by atoms with Gasteiger partial charge in [-0.3, -0.25) is 19.2 Å². The van der Waals surface area contributed by atoms with E-state index in [2.05, 4.69) is 16.0 Å². The maximum Gasteiger partial charge on any atom is 0.272 e. The van der Waals surface area contributed by atoms with Crippen molar-refractivity contribution in [2.75, 3.05) is 10.6 Å². The SMILES string of the molecule is CC(Sc1ccc(NC(=O)/C(=C/c2ccccc2Cl)NC(=O)c2ccccc2)cc1)C(=O)Nc1ccc(C(N)=O)cc1. The molecule has 5 N–H and O–H groups in total. The molecule has 0 spiro atoms. The van der Waals surface area contributed by atoms with Crippen molar-refractivity contribution in [1.82, 2.24) is 5.32 Å². The normalized spacial score (nSPS) is 11.7. The van der Waals surface area contributed by atoms with Gasteiger partial charge in [-0.25, -0.2) is 0 Å². The minimum atomic E-state index is -0.541. The van der Waals surface area contributed by atoms with Crippen LogP contribution < -0.4 is 21.7 Å². The summed E-state index contributed by atoms with van der Waals surface area (Å²) in [4.78, 5) is 50.8. The molecule has 4 aromatic carbocycles. The van der Waals surface area contributed by atoms with Gasteiger partial charge < -0.3 is 21.7 Å². The number of anilines is 2. The second-order valence-corrected chi connectivity index (χ2v) is 10.9. The largest absolute Gasteiger partial charge is 0.366 e. The summed E-state index contributed by atoms with van der Waals surface area (Å²) < 4.78 is 0. The van der Waals surface area contributed by atoms with Crippen LogP contribution in [-0.2, 0) is 9.59 Å². The smallest absolute Gasteiger partial charge is 0.272 e. The summed E-state index contributed by atoms with van der Waals surface area (Å²) in [6.07, 6.45) is 1.52. The molecule has 0 radical (unpaired) electrons. The highest BCUT2D eigenvalue weighted by atomic mass is 35.5. The standard InChI is InChI=1S/C32H27ClN4O4S/c1-20(30(39)35-24-13-11-21(12-14-24)29(34)38)42-26-17-15-25(16-18-26)36-32(41)28(19-23-9-5-6-10-27(23)33)37-31(40)22-7-3-2-4-8-22/h2-20H,1H3,(H2,34,38)(H,35,39)(H,36,41)(H,37,40)/b28-19-. The number of carbonyl (C=O) groups excluding carboxylic acids is 4. The molecule has 0 aliphatic heterocycles. The van der Waals surface area contributed by atoms with Gasteiger partial charge in [-0.15, -0.1) is 11.8 Å². The van der Waals surface area contributed by atoms with Crippen LogP contribution >= 0.6 is 23.4 Å². The van der Waals surface area contributed by atoms with E-state index in [-0.39, 0.29) is 11.6 Å². The lowest BCUT2D eigenvalue weighted by Gasteiger charge is -2.14. The number of hydrogen-bond acceptors (Lipinski definition) is 5. The monoisotopic (exact) mass is 598 g/mol. The van der Waals surface area contributed by atoms with Crippen LogP contribution in [0.5, 0.6) is 0 Å². The van der Waals surface area contributed by atoms with Crippen molar-refractivity contribution in [3.8, 4) is 0 Å². The molecule has 1 unspecified atom stereocenters. The van der Waals surface area contributed by atoms with Crippen molar-refractivity contribution >= 4 is 64.4 Å². The Kier molecular flexibility index (Phi) is 10.1. The van der Waals surface area contributed by atoms with E-state index < -0.39 is 23.0 Å². The zero-order chi connectivity index (χ0) is 30.1. The molecule has 0 heterocycles. The molecule has 0 saturated carbocycles. The second-order valence-electron chi connectivity index (χ2n) is 9.07. The number of hydrogen-bond donors (Lipinski definition) is 4. The minimum Gasteiger partial charge on any atom is -0.366 e. The van der Waals surface area contributed by atoms with Gasteiger partial charge in [-0.1, -0.05) is 48.0 Å². The predicted molar refractivity (Wildman–Crippen MR) is 167 cm³/mol. The number of rotatable bonds is 10. The van der Waals surface area contributed by atoms with Gasteiger partial charge in [-0.05, 0) is 85.3 Å². The van der Waals surface area contributed by atoms with E-state index in [1.807, 2.05) is 0 Å². The third-order valence-electron chi connectivity index (χ3n) is 5.97. The fourth-order valence-electron chi connectivity index (χ4n) is 3.72. The van der Waals surface area contributed by atoms with Crippen LogP contribution in [0, 0.1) is 0 Å². The van der Waals surface area contributed by atoms with Gasteiger partial charge in [0.25, 0.3) is 11.8 Å². The van der Waals surface area contributed by atoms with Crippen LogP contribution in [0.1, 0.15) is 33.2 Å². The van der Waals surface area contributed by atoms with Crippen molar-refractivity contribution in [3.63, 3.8) is 0 Å². The average molecular weight is 599 g/mol. The van der Waals surface area contributed by atoms with Crippen LogP contribution in [0.25, 0.3) is 6.08 Å². The zero-order valence-electron chi connectivity index (χ0n) is 22.5. The Labute approximate surface area is 252 Å². The Morgan fingerprint density at radius 2 is 1.36 bits per heavy atom. The number of thioether (sulfide) groups is 1. The van der Waals surface area contributed by atoms with Crippen LogP contribution in [0.15, 0.2) is 114 Å². The Morgan fingerprint density at radius 1 is 0.762 bits per heavy atom. The van der Waals surface area contributed by atoms with Gasteiger partial charge in [0.15, 0.2) is 0 Å². The fourth-order valence-corrected chi connectivity index (χ4v) is 4.78. The Bertz CT molecular complexity index is 1620. The summed E-state index contributed by atoms with van der Waals surface area (Å²) >= 11 is 7.63. The quantitative estimate of drug-likeness (QED) is 0.132. The van der Waals surface area contributed by atoms with Crippen molar-refractivity contribution in [3.05, 3.63) is 131 Å². The van der Waals surface area contributed by atoms with E-state index in [9.17, 15) is 19.2 Å². The summed E-state index contributed by atoms with van der Waals surface area (Å²) in [5, 5.41) is 8.30. The molecule has 0 aromatic heterocycles. The highest BCUT2D eigenvalue weighted by molar-refractivity contribution is 8.00. The minimum absolute atomic E-state index is 0.0181. The summed E-state index contributed by atoms with van der Waals surface area (Å²) in [5.41, 5.74) is 7.64. The lowest BCUT2D eigenvalue weighted by molar-refractivity contribution is -0.115. The number of primary amides is 1. The predicted octanol–water partition coefficient (Wildman–Crippen LogP) is 5.97. The maximum atomic E-state index is 13.3. The lowest BCUT2D eigenvalue weighted by atomic mass is 10.1. The van der Waals surface area contributed by atoms with Crippen LogP contribution in [0.3, 0.4) is 0 Å². The molecule has 4 amide bonds. The number of carbonyl (C=O) groups is 4. The topological polar surface area (TPSA) is 130 Å². The molecule has 4 rings (SSSR count). The molecule has 1 atom stereocenters. The first-order valence-electron chi connectivity index (χ1n) is 12.8. The summed E-state index contributed by atoms with van der Waals surface area (Å²) in [7, 11) is 0. The van der Waals surface area contributed by atoms with E-state index in [0.717, 1.165) is 4.90 Å². The first-order chi connectivity index (χ1) is 20.2. The lowest BCUT2D eigenvalue weighted by Crippen LogP contribution is -2.30. The number of benzene rings is 4. The van der Waals surface area contributed by atoms with Gasteiger partial charge >= 0.3 is 0 Å². The summed E-state index contributed by atoms with van der Waals surface area (Å²) in [6, 6.07) is 28.9. The third kappa shape index (κ3) is 8.33. The molecule has 8 nitrogen and oxygen atoms in total. The molecule has 0 saturated heterocycles. The van der Waals surface area contributed by atoms with E-state index in [0.29, 0.717) is 33.1 Å². The molecule has 212 valence electrons. The molecule has 0 aliphatic rings. The van der Waals surface area contributed by atoms with E-state index in [1.165, 1.54) is 17.8 Å². The summed E-state index contributed by atoms with van der Waals surface area (Å²) in [5.74, 6) is -1.73. The van der Waals surface area contributed by atoms with Gasteiger partial charge in [0.05, 0.1) is 5.25 Å². The molecular weight excluding hydrogens is 572 g/mol. The zero-order valence-corrected chi connectivity index (χ0v) is 24.0. The average Bonchev–Trinajstić information content (AvgIpc) is 2.99. The first-order valence-corrected chi connectivity index (χ1v) is 14.1. The van der Waals surface area contributed by atoms with Crippen molar-refractivity contribution in [2.45, 2.75) is 17.1 Å². The van der Waals surface area contributed by atoms with Crippen LogP contribution in [0.2, 0.25) is 5.02 Å². The van der Waals surface area contributed by atoms with Crippen molar-refractivity contribution in [2.24, 2.45) is 5.73 Å². The van der Waals surface area contributed by atoms with Gasteiger partial charge in [-0.2, -0.15) is 0 Å². The first kappa shape index (κ1) is 30.1. The number of halogens is 1. The Hall–Kier alpha value is -4.86. The van der Waals surface area contributed by atoms with E-state index in [4.69, 9.17) is 17.3 Å². The molecule has 0 aliphatic carbocycles. The number of nitrogens with one attached hydrogen (secondary N) is 3. The molecule has 4 aromatic rings. The van der Waals surface area contributed by atoms with Gasteiger partial charge in [0.2, 0.25) is 11.8 Å². The third-order valence-corrected chi connectivity index (χ3v) is 7.42. The highest BCUT2D eigenvalue weighted by Gasteiger charge is 2.17. The van der Waals surface area contributed by atoms with Crippen LogP contribution in [-0.4, -0.2) is 28.9 Å². The number of amides is 4. The second kappa shape index (κ2) is 14.2. The Balaban J connectivity index is 1.41. The fraction of sp³-hybridized carbons (Fsp3) is 0.0625. The molecule has 0 bridgehead atoms. The molecule has 0 fully saturated rings. The van der Waals surface area contributed by atoms with Gasteiger partial charge in [0, 0.05) is 32.4 Å². The van der Waals surface area contributed by atoms with Crippen molar-refractivity contribution in [1.29, 1.82) is 0 Å². The van der Waals surface area contributed by atoms with E-state index in [1.54, 1.807) is 110 Å². The van der Waals surface area contributed by atoms with Gasteiger partial charge in [0.1, 0.15) is 5.70 Å². The molecular formula is C32H27ClN4O4S.